The van der Waals surface area contributed by atoms with E-state index < -0.39 is 15.9 Å². The van der Waals surface area contributed by atoms with E-state index in [2.05, 4.69) is 10.5 Å². The quantitative estimate of drug-likeness (QED) is 0.320. The van der Waals surface area contributed by atoms with Crippen LogP contribution in [0.5, 0.6) is 0 Å². The van der Waals surface area contributed by atoms with E-state index in [1.807, 2.05) is 6.07 Å². The molecule has 34 heavy (non-hydrogen) atoms. The summed E-state index contributed by atoms with van der Waals surface area (Å²) in [6.45, 7) is 1.16. The standard InChI is InChI=1S/C25H23N3O5S/c29-24(20-10-5-2-6-11-20)23(19-8-3-1-4-9-19)26-27-25(30)21-12-7-13-22(18-21)34(31,32)28-14-16-33-17-15-28/h1-13,18H,14-17H2,(H,27,30). The Morgan fingerprint density at radius 1 is 0.794 bits per heavy atom. The van der Waals surface area contributed by atoms with Crippen LogP contribution in [0.25, 0.3) is 0 Å². The lowest BCUT2D eigenvalue weighted by molar-refractivity contribution is 0.0730. The lowest BCUT2D eigenvalue weighted by Crippen LogP contribution is -2.40. The SMILES string of the molecule is O=C(NN=C(C(=O)c1ccccc1)c1ccccc1)c1cccc(S(=O)(=O)N2CCOCC2)c1. The molecule has 9 heteroatoms. The lowest BCUT2D eigenvalue weighted by atomic mass is 10.0. The van der Waals surface area contributed by atoms with Crippen molar-refractivity contribution in [2.45, 2.75) is 4.90 Å². The van der Waals surface area contributed by atoms with Gasteiger partial charge in [0.1, 0.15) is 5.71 Å². The van der Waals surface area contributed by atoms with Crippen LogP contribution in [0.3, 0.4) is 0 Å². The topological polar surface area (TPSA) is 105 Å². The summed E-state index contributed by atoms with van der Waals surface area (Å²) in [5.41, 5.74) is 3.55. The van der Waals surface area contributed by atoms with Gasteiger partial charge in [-0.05, 0) is 18.2 Å². The molecule has 3 aromatic carbocycles. The van der Waals surface area contributed by atoms with Gasteiger partial charge in [0.2, 0.25) is 15.8 Å². The first-order chi connectivity index (χ1) is 16.5. The third-order valence-corrected chi connectivity index (χ3v) is 7.17. The molecule has 0 aromatic heterocycles. The molecule has 0 aliphatic carbocycles. The van der Waals surface area contributed by atoms with Crippen molar-refractivity contribution in [1.29, 1.82) is 0 Å². The number of hydrogen-bond donors (Lipinski definition) is 1. The summed E-state index contributed by atoms with van der Waals surface area (Å²) in [5, 5.41) is 4.12. The Morgan fingerprint density at radius 2 is 1.38 bits per heavy atom. The number of amides is 1. The highest BCUT2D eigenvalue weighted by atomic mass is 32.2. The van der Waals surface area contributed by atoms with Crippen LogP contribution < -0.4 is 5.43 Å². The van der Waals surface area contributed by atoms with E-state index in [1.54, 1.807) is 54.6 Å². The molecule has 1 heterocycles. The molecule has 0 radical (unpaired) electrons. The molecule has 3 aromatic rings. The molecule has 1 saturated heterocycles. The number of carbonyl (C=O) groups excluding carboxylic acids is 2. The van der Waals surface area contributed by atoms with E-state index >= 15 is 0 Å². The fraction of sp³-hybridized carbons (Fsp3) is 0.160. The summed E-state index contributed by atoms with van der Waals surface area (Å²) in [5.74, 6) is -0.982. The summed E-state index contributed by atoms with van der Waals surface area (Å²) in [4.78, 5) is 25.9. The molecule has 1 N–H and O–H groups in total. The summed E-state index contributed by atoms with van der Waals surface area (Å²) < 4.78 is 32.4. The van der Waals surface area contributed by atoms with E-state index in [4.69, 9.17) is 4.74 Å². The van der Waals surface area contributed by atoms with Gasteiger partial charge in [-0.1, -0.05) is 66.7 Å². The van der Waals surface area contributed by atoms with Crippen molar-refractivity contribution in [3.63, 3.8) is 0 Å². The minimum Gasteiger partial charge on any atom is -0.379 e. The third kappa shape index (κ3) is 5.28. The average Bonchev–Trinajstić information content (AvgIpc) is 2.90. The minimum absolute atomic E-state index is 0.00896. The van der Waals surface area contributed by atoms with Crippen molar-refractivity contribution in [3.8, 4) is 0 Å². The summed E-state index contributed by atoms with van der Waals surface area (Å²) in [6.07, 6.45) is 0. The Labute approximate surface area is 197 Å². The van der Waals surface area contributed by atoms with Crippen molar-refractivity contribution in [3.05, 3.63) is 102 Å². The first-order valence-corrected chi connectivity index (χ1v) is 12.1. The number of hydrazone groups is 1. The van der Waals surface area contributed by atoms with Gasteiger partial charge in [-0.2, -0.15) is 9.41 Å². The van der Waals surface area contributed by atoms with Crippen molar-refractivity contribution in [2.75, 3.05) is 26.3 Å². The second-order valence-electron chi connectivity index (χ2n) is 7.51. The van der Waals surface area contributed by atoms with E-state index in [1.165, 1.54) is 28.6 Å². The maximum atomic E-state index is 13.1. The second kappa shape index (κ2) is 10.5. The van der Waals surface area contributed by atoms with Gasteiger partial charge >= 0.3 is 0 Å². The van der Waals surface area contributed by atoms with Crippen molar-refractivity contribution in [1.82, 2.24) is 9.73 Å². The molecule has 1 aliphatic rings. The Bertz CT molecular complexity index is 1300. The number of benzene rings is 3. The molecule has 0 unspecified atom stereocenters. The van der Waals surface area contributed by atoms with Gasteiger partial charge in [0.25, 0.3) is 5.91 Å². The van der Waals surface area contributed by atoms with Gasteiger partial charge < -0.3 is 4.74 Å². The van der Waals surface area contributed by atoms with Crippen molar-refractivity contribution >= 4 is 27.4 Å². The lowest BCUT2D eigenvalue weighted by Gasteiger charge is -2.26. The van der Waals surface area contributed by atoms with Gasteiger partial charge in [-0.3, -0.25) is 9.59 Å². The highest BCUT2D eigenvalue weighted by molar-refractivity contribution is 7.89. The number of hydrogen-bond acceptors (Lipinski definition) is 6. The summed E-state index contributed by atoms with van der Waals surface area (Å²) in [7, 11) is -3.76. The molecule has 0 spiro atoms. The maximum Gasteiger partial charge on any atom is 0.271 e. The van der Waals surface area contributed by atoms with Gasteiger partial charge in [0, 0.05) is 29.8 Å². The smallest absolute Gasteiger partial charge is 0.271 e. The van der Waals surface area contributed by atoms with E-state index in [0.717, 1.165) is 0 Å². The number of morpholine rings is 1. The fourth-order valence-electron chi connectivity index (χ4n) is 3.47. The average molecular weight is 478 g/mol. The molecule has 1 fully saturated rings. The largest absolute Gasteiger partial charge is 0.379 e. The van der Waals surface area contributed by atoms with Crippen LogP contribution in [0.1, 0.15) is 26.3 Å². The highest BCUT2D eigenvalue weighted by Gasteiger charge is 2.27. The van der Waals surface area contributed by atoms with E-state index in [9.17, 15) is 18.0 Å². The number of ether oxygens (including phenoxy) is 1. The zero-order valence-electron chi connectivity index (χ0n) is 18.3. The summed E-state index contributed by atoms with van der Waals surface area (Å²) in [6, 6.07) is 23.2. The first kappa shape index (κ1) is 23.5. The maximum absolute atomic E-state index is 13.1. The number of nitrogens with zero attached hydrogens (tertiary/aromatic N) is 2. The molecule has 1 aliphatic heterocycles. The molecule has 174 valence electrons. The molecule has 0 atom stereocenters. The molecule has 0 saturated carbocycles. The summed E-state index contributed by atoms with van der Waals surface area (Å²) >= 11 is 0. The monoisotopic (exact) mass is 477 g/mol. The van der Waals surface area contributed by atoms with Crippen LogP contribution in [0.2, 0.25) is 0 Å². The van der Waals surface area contributed by atoms with Gasteiger partial charge in [0.15, 0.2) is 0 Å². The molecular weight excluding hydrogens is 454 g/mol. The number of sulfonamides is 1. The van der Waals surface area contributed by atoms with Crippen LogP contribution >= 0.6 is 0 Å². The third-order valence-electron chi connectivity index (χ3n) is 5.27. The zero-order valence-corrected chi connectivity index (χ0v) is 19.1. The van der Waals surface area contributed by atoms with Crippen LogP contribution in [-0.4, -0.2) is 56.4 Å². The molecule has 4 rings (SSSR count). The van der Waals surface area contributed by atoms with Crippen molar-refractivity contribution < 1.29 is 22.7 Å². The predicted molar refractivity (Wildman–Crippen MR) is 127 cm³/mol. The second-order valence-corrected chi connectivity index (χ2v) is 9.44. The van der Waals surface area contributed by atoms with E-state index in [0.29, 0.717) is 24.3 Å². The van der Waals surface area contributed by atoms with Gasteiger partial charge in [0.05, 0.1) is 18.1 Å². The number of carbonyl (C=O) groups is 2. The molecule has 0 bridgehead atoms. The predicted octanol–water partition coefficient (Wildman–Crippen LogP) is 2.72. The molecular formula is C25H23N3O5S. The normalized spacial score (nSPS) is 15.0. The van der Waals surface area contributed by atoms with Crippen LogP contribution in [0, 0.1) is 0 Å². The zero-order chi connectivity index (χ0) is 24.0. The highest BCUT2D eigenvalue weighted by Crippen LogP contribution is 2.18. The van der Waals surface area contributed by atoms with Crippen LogP contribution in [0.4, 0.5) is 0 Å². The Balaban J connectivity index is 1.60. The Hall–Kier alpha value is -3.66. The number of ketones is 1. The van der Waals surface area contributed by atoms with Crippen LogP contribution in [-0.2, 0) is 14.8 Å². The van der Waals surface area contributed by atoms with E-state index in [-0.39, 0.29) is 35.0 Å². The van der Waals surface area contributed by atoms with Crippen molar-refractivity contribution in [2.24, 2.45) is 5.10 Å². The van der Waals surface area contributed by atoms with Crippen LogP contribution in [0.15, 0.2) is 94.9 Å². The number of nitrogens with one attached hydrogen (secondary N) is 1. The van der Waals surface area contributed by atoms with Gasteiger partial charge in [-0.15, -0.1) is 0 Å². The number of rotatable bonds is 7. The molecule has 8 nitrogen and oxygen atoms in total. The fourth-order valence-corrected chi connectivity index (χ4v) is 4.93. The first-order valence-electron chi connectivity index (χ1n) is 10.7. The molecule has 1 amide bonds. The minimum atomic E-state index is -3.76. The Morgan fingerprint density at radius 3 is 2.03 bits per heavy atom. The Kier molecular flexibility index (Phi) is 7.27. The van der Waals surface area contributed by atoms with Gasteiger partial charge in [-0.25, -0.2) is 13.8 Å². The number of Topliss-reactive ketones (excluding diaryl/α,β-unsaturated/α-hetero) is 1.